The summed E-state index contributed by atoms with van der Waals surface area (Å²) in [7, 11) is 0. The Kier molecular flexibility index (Phi) is 5.89. The van der Waals surface area contributed by atoms with Crippen molar-refractivity contribution in [2.75, 3.05) is 38.5 Å². The van der Waals surface area contributed by atoms with E-state index >= 15 is 0 Å². The van der Waals surface area contributed by atoms with Gasteiger partial charge in [0.25, 0.3) is 5.91 Å². The summed E-state index contributed by atoms with van der Waals surface area (Å²) in [5.41, 5.74) is 0. The third kappa shape index (κ3) is 4.31. The van der Waals surface area contributed by atoms with Gasteiger partial charge in [0.1, 0.15) is 12.9 Å². The van der Waals surface area contributed by atoms with E-state index in [1.807, 2.05) is 29.7 Å². The number of carbonyl (C=O) groups is 2. The second-order valence-electron chi connectivity index (χ2n) is 6.76. The molecule has 1 aromatic carbocycles. The van der Waals surface area contributed by atoms with Crippen LogP contribution >= 0.6 is 11.8 Å². The zero-order valence-corrected chi connectivity index (χ0v) is 17.0. The molecule has 4 rings (SSSR count). The summed E-state index contributed by atoms with van der Waals surface area (Å²) in [6, 6.07) is 7.33. The standard InChI is InChI=1S/C19H23N5O4S/c1-2-22-13-20-21-19(22)29-12-17(25)23-7-9-24(10-8-23)18(26)16-11-27-14-5-3-4-6-15(14)28-16/h3-6,13,16H,2,7-12H2,1H3. The van der Waals surface area contributed by atoms with Gasteiger partial charge >= 0.3 is 0 Å². The maximum atomic E-state index is 12.8. The molecular formula is C19H23N5O4S. The van der Waals surface area contributed by atoms with E-state index in [4.69, 9.17) is 9.47 Å². The minimum absolute atomic E-state index is 0.0407. The number of ether oxygens (including phenoxy) is 2. The molecule has 1 saturated heterocycles. The number of aryl methyl sites for hydroxylation is 1. The topological polar surface area (TPSA) is 89.8 Å². The number of nitrogens with zero attached hydrogens (tertiary/aromatic N) is 5. The fraction of sp³-hybridized carbons (Fsp3) is 0.474. The lowest BCUT2D eigenvalue weighted by molar-refractivity contribution is -0.145. The largest absolute Gasteiger partial charge is 0.485 e. The van der Waals surface area contributed by atoms with Crippen LogP contribution in [0.4, 0.5) is 0 Å². The van der Waals surface area contributed by atoms with Gasteiger partial charge < -0.3 is 23.8 Å². The van der Waals surface area contributed by atoms with E-state index in [2.05, 4.69) is 10.2 Å². The molecule has 2 aliphatic rings. The van der Waals surface area contributed by atoms with Gasteiger partial charge in [0.05, 0.1) is 5.75 Å². The van der Waals surface area contributed by atoms with E-state index in [9.17, 15) is 9.59 Å². The lowest BCUT2D eigenvalue weighted by Crippen LogP contribution is -2.55. The lowest BCUT2D eigenvalue weighted by atomic mass is 10.2. The first-order chi connectivity index (χ1) is 14.2. The van der Waals surface area contributed by atoms with Gasteiger partial charge in [0.2, 0.25) is 12.0 Å². The Balaban J connectivity index is 1.26. The van der Waals surface area contributed by atoms with Gasteiger partial charge in [-0.05, 0) is 19.1 Å². The van der Waals surface area contributed by atoms with Gasteiger partial charge in [-0.3, -0.25) is 9.59 Å². The minimum Gasteiger partial charge on any atom is -0.485 e. The average Bonchev–Trinajstić information content (AvgIpc) is 3.24. The van der Waals surface area contributed by atoms with E-state index in [0.717, 1.165) is 11.7 Å². The molecule has 0 bridgehead atoms. The third-order valence-electron chi connectivity index (χ3n) is 4.97. The monoisotopic (exact) mass is 417 g/mol. The molecule has 0 radical (unpaired) electrons. The van der Waals surface area contributed by atoms with Crippen LogP contribution in [0.5, 0.6) is 11.5 Å². The Morgan fingerprint density at radius 3 is 2.62 bits per heavy atom. The van der Waals surface area contributed by atoms with Crippen LogP contribution in [0, 0.1) is 0 Å². The molecule has 1 atom stereocenters. The van der Waals surface area contributed by atoms with Crippen LogP contribution in [-0.2, 0) is 16.1 Å². The number of aromatic nitrogens is 3. The van der Waals surface area contributed by atoms with Crippen LogP contribution in [0.15, 0.2) is 35.7 Å². The van der Waals surface area contributed by atoms with Crippen LogP contribution in [0.2, 0.25) is 0 Å². The van der Waals surface area contributed by atoms with E-state index < -0.39 is 6.10 Å². The molecule has 29 heavy (non-hydrogen) atoms. The number of piperazine rings is 1. The molecule has 1 aromatic heterocycles. The van der Waals surface area contributed by atoms with Crippen molar-refractivity contribution < 1.29 is 19.1 Å². The summed E-state index contributed by atoms with van der Waals surface area (Å²) < 4.78 is 13.4. The molecule has 3 heterocycles. The van der Waals surface area contributed by atoms with Crippen LogP contribution < -0.4 is 9.47 Å². The Morgan fingerprint density at radius 1 is 1.14 bits per heavy atom. The first kappa shape index (κ1) is 19.6. The summed E-state index contributed by atoms with van der Waals surface area (Å²) in [6.07, 6.45) is 1.01. The van der Waals surface area contributed by atoms with Crippen LogP contribution in [0.3, 0.4) is 0 Å². The van der Waals surface area contributed by atoms with Gasteiger partial charge in [-0.25, -0.2) is 0 Å². The van der Waals surface area contributed by atoms with Crippen LogP contribution in [0.1, 0.15) is 6.92 Å². The quantitative estimate of drug-likeness (QED) is 0.668. The molecule has 2 amide bonds. The number of rotatable bonds is 5. The van der Waals surface area contributed by atoms with Gasteiger partial charge in [-0.2, -0.15) is 0 Å². The molecule has 154 valence electrons. The van der Waals surface area contributed by atoms with Crippen LogP contribution in [0.25, 0.3) is 0 Å². The Labute approximate surface area is 173 Å². The fourth-order valence-electron chi connectivity index (χ4n) is 3.31. The predicted octanol–water partition coefficient (Wildman–Crippen LogP) is 0.901. The van der Waals surface area contributed by atoms with E-state index in [1.54, 1.807) is 22.2 Å². The van der Waals surface area contributed by atoms with Crippen molar-refractivity contribution in [3.63, 3.8) is 0 Å². The second-order valence-corrected chi connectivity index (χ2v) is 7.70. The summed E-state index contributed by atoms with van der Waals surface area (Å²) >= 11 is 1.38. The van der Waals surface area contributed by atoms with Crippen molar-refractivity contribution in [2.24, 2.45) is 0 Å². The molecule has 10 heteroatoms. The van der Waals surface area contributed by atoms with Crippen molar-refractivity contribution >= 4 is 23.6 Å². The van der Waals surface area contributed by atoms with E-state index in [1.165, 1.54) is 11.8 Å². The Morgan fingerprint density at radius 2 is 1.86 bits per heavy atom. The van der Waals surface area contributed by atoms with Crippen LogP contribution in [-0.4, -0.2) is 81.0 Å². The molecule has 0 spiro atoms. The number of carbonyl (C=O) groups excluding carboxylic acids is 2. The highest BCUT2D eigenvalue weighted by atomic mass is 32.2. The zero-order chi connectivity index (χ0) is 20.2. The van der Waals surface area contributed by atoms with Gasteiger partial charge in [0.15, 0.2) is 16.7 Å². The number of fused-ring (bicyclic) bond motifs is 1. The predicted molar refractivity (Wildman–Crippen MR) is 106 cm³/mol. The first-order valence-electron chi connectivity index (χ1n) is 9.61. The summed E-state index contributed by atoms with van der Waals surface area (Å²) in [5, 5.41) is 8.65. The molecule has 0 saturated carbocycles. The van der Waals surface area contributed by atoms with E-state index in [0.29, 0.717) is 43.4 Å². The number of hydrogen-bond acceptors (Lipinski definition) is 7. The van der Waals surface area contributed by atoms with Crippen molar-refractivity contribution in [1.82, 2.24) is 24.6 Å². The van der Waals surface area contributed by atoms with E-state index in [-0.39, 0.29) is 18.4 Å². The Bertz CT molecular complexity index is 881. The number of amides is 2. The summed E-state index contributed by atoms with van der Waals surface area (Å²) in [6.45, 7) is 4.96. The third-order valence-corrected chi connectivity index (χ3v) is 5.94. The minimum atomic E-state index is -0.650. The maximum Gasteiger partial charge on any atom is 0.267 e. The van der Waals surface area contributed by atoms with Crippen molar-refractivity contribution in [3.8, 4) is 11.5 Å². The first-order valence-corrected chi connectivity index (χ1v) is 10.6. The molecule has 2 aromatic rings. The molecular weight excluding hydrogens is 394 g/mol. The highest BCUT2D eigenvalue weighted by molar-refractivity contribution is 7.99. The zero-order valence-electron chi connectivity index (χ0n) is 16.2. The molecule has 2 aliphatic heterocycles. The number of para-hydroxylation sites is 2. The van der Waals surface area contributed by atoms with Crippen molar-refractivity contribution in [1.29, 1.82) is 0 Å². The lowest BCUT2D eigenvalue weighted by Gasteiger charge is -2.37. The molecule has 1 fully saturated rings. The summed E-state index contributed by atoms with van der Waals surface area (Å²) in [5.74, 6) is 1.49. The van der Waals surface area contributed by atoms with Gasteiger partial charge in [-0.1, -0.05) is 23.9 Å². The smallest absolute Gasteiger partial charge is 0.267 e. The normalized spacial score (nSPS) is 18.6. The fourth-order valence-corrected chi connectivity index (χ4v) is 4.19. The highest BCUT2D eigenvalue weighted by Crippen LogP contribution is 2.31. The van der Waals surface area contributed by atoms with Crippen molar-refractivity contribution in [2.45, 2.75) is 24.7 Å². The molecule has 0 aliphatic carbocycles. The van der Waals surface area contributed by atoms with Gasteiger partial charge in [-0.15, -0.1) is 10.2 Å². The second kappa shape index (κ2) is 8.73. The summed E-state index contributed by atoms with van der Waals surface area (Å²) in [4.78, 5) is 28.8. The number of benzene rings is 1. The average molecular weight is 417 g/mol. The highest BCUT2D eigenvalue weighted by Gasteiger charge is 2.33. The SMILES string of the molecule is CCn1cnnc1SCC(=O)N1CCN(C(=O)C2COc3ccccc3O2)CC1. The molecule has 9 nitrogen and oxygen atoms in total. The Hall–Kier alpha value is -2.75. The van der Waals surface area contributed by atoms with Gasteiger partial charge in [0, 0.05) is 32.7 Å². The molecule has 1 unspecified atom stereocenters. The maximum absolute atomic E-state index is 12.8. The number of thioether (sulfide) groups is 1. The molecule has 0 N–H and O–H groups in total. The van der Waals surface area contributed by atoms with Crippen molar-refractivity contribution in [3.05, 3.63) is 30.6 Å². The number of hydrogen-bond donors (Lipinski definition) is 0.